The van der Waals surface area contributed by atoms with E-state index in [0.29, 0.717) is 12.3 Å². The first-order valence-corrected chi connectivity index (χ1v) is 7.54. The van der Waals surface area contributed by atoms with Gasteiger partial charge in [-0.1, -0.05) is 13.8 Å². The van der Waals surface area contributed by atoms with Crippen molar-refractivity contribution in [1.82, 2.24) is 10.2 Å². The Kier molecular flexibility index (Phi) is 8.07. The summed E-state index contributed by atoms with van der Waals surface area (Å²) in [5.41, 5.74) is 0.806. The van der Waals surface area contributed by atoms with Crippen molar-refractivity contribution in [3.63, 3.8) is 0 Å². The van der Waals surface area contributed by atoms with Crippen LogP contribution in [-0.4, -0.2) is 51.2 Å². The number of ether oxygens (including phenoxy) is 2. The van der Waals surface area contributed by atoms with E-state index < -0.39 is 0 Å². The second-order valence-corrected chi connectivity index (χ2v) is 4.76. The van der Waals surface area contributed by atoms with Crippen LogP contribution in [-0.2, 0) is 4.79 Å². The Labute approximate surface area is 132 Å². The van der Waals surface area contributed by atoms with Gasteiger partial charge in [0.2, 0.25) is 5.91 Å². The molecule has 0 aliphatic heterocycles. The minimum Gasteiger partial charge on any atom is -0.497 e. The fourth-order valence-electron chi connectivity index (χ4n) is 2.07. The van der Waals surface area contributed by atoms with Gasteiger partial charge in [-0.25, -0.2) is 0 Å². The van der Waals surface area contributed by atoms with E-state index in [1.54, 1.807) is 20.3 Å². The third kappa shape index (κ3) is 5.77. The summed E-state index contributed by atoms with van der Waals surface area (Å²) in [5.74, 6) is 1.31. The van der Waals surface area contributed by atoms with Crippen LogP contribution in [0.2, 0.25) is 0 Å². The highest BCUT2D eigenvalue weighted by molar-refractivity contribution is 5.92. The summed E-state index contributed by atoms with van der Waals surface area (Å²) in [6.07, 6.45) is 3.24. The van der Waals surface area contributed by atoms with Gasteiger partial charge in [-0.05, 0) is 37.4 Å². The van der Waals surface area contributed by atoms with Crippen molar-refractivity contribution in [2.75, 3.05) is 40.4 Å². The number of carbonyl (C=O) groups is 1. The quantitative estimate of drug-likeness (QED) is 0.711. The highest BCUT2D eigenvalue weighted by Crippen LogP contribution is 2.24. The van der Waals surface area contributed by atoms with Crippen LogP contribution in [0.15, 0.2) is 24.3 Å². The SMILES string of the molecule is CCN(CC)CCNC(=O)/C=C/c1cc(OC)ccc1OC. The molecule has 0 aliphatic carbocycles. The van der Waals surface area contributed by atoms with Gasteiger partial charge >= 0.3 is 0 Å². The number of carbonyl (C=O) groups excluding carboxylic acids is 1. The molecular weight excluding hydrogens is 280 g/mol. The van der Waals surface area contributed by atoms with E-state index in [1.165, 1.54) is 6.08 Å². The molecule has 22 heavy (non-hydrogen) atoms. The minimum atomic E-state index is -0.114. The molecule has 1 N–H and O–H groups in total. The lowest BCUT2D eigenvalue weighted by Gasteiger charge is -2.17. The summed E-state index contributed by atoms with van der Waals surface area (Å²) in [6.45, 7) is 7.70. The number of nitrogens with zero attached hydrogens (tertiary/aromatic N) is 1. The Morgan fingerprint density at radius 2 is 1.95 bits per heavy atom. The highest BCUT2D eigenvalue weighted by Gasteiger charge is 2.03. The van der Waals surface area contributed by atoms with E-state index in [1.807, 2.05) is 18.2 Å². The first kappa shape index (κ1) is 18.0. The first-order valence-electron chi connectivity index (χ1n) is 7.54. The molecule has 1 aromatic carbocycles. The maximum atomic E-state index is 11.8. The van der Waals surface area contributed by atoms with Crippen molar-refractivity contribution in [1.29, 1.82) is 0 Å². The molecule has 1 amide bonds. The maximum absolute atomic E-state index is 11.8. The van der Waals surface area contributed by atoms with Gasteiger partial charge in [-0.3, -0.25) is 4.79 Å². The van der Waals surface area contributed by atoms with E-state index in [4.69, 9.17) is 9.47 Å². The Bertz CT molecular complexity index is 497. The van der Waals surface area contributed by atoms with Crippen molar-refractivity contribution in [2.24, 2.45) is 0 Å². The largest absolute Gasteiger partial charge is 0.497 e. The molecule has 0 bridgehead atoms. The normalized spacial score (nSPS) is 11.0. The molecular formula is C17H26N2O3. The van der Waals surface area contributed by atoms with Crippen LogP contribution in [0.5, 0.6) is 11.5 Å². The van der Waals surface area contributed by atoms with Crippen LogP contribution < -0.4 is 14.8 Å². The Balaban J connectivity index is 2.58. The molecule has 0 spiro atoms. The monoisotopic (exact) mass is 306 g/mol. The summed E-state index contributed by atoms with van der Waals surface area (Å²) < 4.78 is 10.5. The number of methoxy groups -OCH3 is 2. The highest BCUT2D eigenvalue weighted by atomic mass is 16.5. The van der Waals surface area contributed by atoms with E-state index in [0.717, 1.165) is 30.9 Å². The van der Waals surface area contributed by atoms with Gasteiger partial charge in [0.1, 0.15) is 11.5 Å². The third-order valence-corrected chi connectivity index (χ3v) is 3.47. The van der Waals surface area contributed by atoms with Gasteiger partial charge in [0.15, 0.2) is 0 Å². The van der Waals surface area contributed by atoms with Crippen LogP contribution in [0.25, 0.3) is 6.08 Å². The number of rotatable bonds is 9. The molecule has 0 saturated heterocycles. The fraction of sp³-hybridized carbons (Fsp3) is 0.471. The van der Waals surface area contributed by atoms with Gasteiger partial charge in [-0.2, -0.15) is 0 Å². The molecule has 0 unspecified atom stereocenters. The number of nitrogens with one attached hydrogen (secondary N) is 1. The third-order valence-electron chi connectivity index (χ3n) is 3.47. The zero-order valence-electron chi connectivity index (χ0n) is 13.9. The van der Waals surface area contributed by atoms with Crippen molar-refractivity contribution < 1.29 is 14.3 Å². The second kappa shape index (κ2) is 9.84. The van der Waals surface area contributed by atoms with Crippen molar-refractivity contribution in [3.05, 3.63) is 29.8 Å². The molecule has 0 aromatic heterocycles. The molecule has 0 heterocycles. The number of hydrogen-bond acceptors (Lipinski definition) is 4. The van der Waals surface area contributed by atoms with Gasteiger partial charge in [0, 0.05) is 24.7 Å². The molecule has 1 rings (SSSR count). The number of likely N-dealkylation sites (N-methyl/N-ethyl adjacent to an activating group) is 1. The summed E-state index contributed by atoms with van der Waals surface area (Å²) in [6, 6.07) is 5.47. The molecule has 5 heteroatoms. The summed E-state index contributed by atoms with van der Waals surface area (Å²) in [4.78, 5) is 14.1. The van der Waals surface area contributed by atoms with Crippen LogP contribution >= 0.6 is 0 Å². The lowest BCUT2D eigenvalue weighted by atomic mass is 10.1. The molecule has 0 radical (unpaired) electrons. The number of hydrogen-bond donors (Lipinski definition) is 1. The van der Waals surface area contributed by atoms with Crippen molar-refractivity contribution in [2.45, 2.75) is 13.8 Å². The zero-order valence-corrected chi connectivity index (χ0v) is 13.9. The smallest absolute Gasteiger partial charge is 0.244 e. The molecule has 5 nitrogen and oxygen atoms in total. The van der Waals surface area contributed by atoms with Crippen LogP contribution in [0.4, 0.5) is 0 Å². The van der Waals surface area contributed by atoms with E-state index in [9.17, 15) is 4.79 Å². The number of amides is 1. The van der Waals surface area contributed by atoms with Crippen LogP contribution in [0.1, 0.15) is 19.4 Å². The predicted octanol–water partition coefficient (Wildman–Crippen LogP) is 2.17. The average Bonchev–Trinajstić information content (AvgIpc) is 2.56. The lowest BCUT2D eigenvalue weighted by molar-refractivity contribution is -0.116. The van der Waals surface area contributed by atoms with Crippen molar-refractivity contribution in [3.8, 4) is 11.5 Å². The van der Waals surface area contributed by atoms with E-state index in [-0.39, 0.29) is 5.91 Å². The van der Waals surface area contributed by atoms with E-state index in [2.05, 4.69) is 24.1 Å². The molecule has 0 fully saturated rings. The Morgan fingerprint density at radius 1 is 1.23 bits per heavy atom. The van der Waals surface area contributed by atoms with Crippen LogP contribution in [0.3, 0.4) is 0 Å². The first-order chi connectivity index (χ1) is 10.6. The number of benzene rings is 1. The van der Waals surface area contributed by atoms with Gasteiger partial charge in [0.25, 0.3) is 0 Å². The average molecular weight is 306 g/mol. The predicted molar refractivity (Wildman–Crippen MR) is 89.4 cm³/mol. The summed E-state index contributed by atoms with van der Waals surface area (Å²) in [5, 5.41) is 2.88. The van der Waals surface area contributed by atoms with Gasteiger partial charge < -0.3 is 19.7 Å². The van der Waals surface area contributed by atoms with Crippen LogP contribution in [0, 0.1) is 0 Å². The molecule has 0 aliphatic rings. The topological polar surface area (TPSA) is 50.8 Å². The second-order valence-electron chi connectivity index (χ2n) is 4.76. The minimum absolute atomic E-state index is 0.114. The van der Waals surface area contributed by atoms with E-state index >= 15 is 0 Å². The summed E-state index contributed by atoms with van der Waals surface area (Å²) in [7, 11) is 3.21. The fourth-order valence-corrected chi connectivity index (χ4v) is 2.07. The van der Waals surface area contributed by atoms with Gasteiger partial charge in [-0.15, -0.1) is 0 Å². The molecule has 0 atom stereocenters. The zero-order chi connectivity index (χ0) is 16.4. The summed E-state index contributed by atoms with van der Waals surface area (Å²) >= 11 is 0. The Hall–Kier alpha value is -2.01. The Morgan fingerprint density at radius 3 is 2.55 bits per heavy atom. The lowest BCUT2D eigenvalue weighted by Crippen LogP contribution is -2.34. The molecule has 0 saturated carbocycles. The molecule has 1 aromatic rings. The standard InChI is InChI=1S/C17H26N2O3/c1-5-19(6-2)12-11-18-17(20)10-7-14-13-15(21-3)8-9-16(14)22-4/h7-10,13H,5-6,11-12H2,1-4H3,(H,18,20)/b10-7+. The van der Waals surface area contributed by atoms with Gasteiger partial charge in [0.05, 0.1) is 14.2 Å². The molecule has 122 valence electrons. The maximum Gasteiger partial charge on any atom is 0.244 e. The van der Waals surface area contributed by atoms with Crippen molar-refractivity contribution >= 4 is 12.0 Å².